The molecule has 0 unspecified atom stereocenters. The number of nitrogens with one attached hydrogen (secondary N) is 1. The molecule has 0 bridgehead atoms. The van der Waals surface area contributed by atoms with Crippen LogP contribution in [-0.4, -0.2) is 45.4 Å². The number of benzene rings is 1. The van der Waals surface area contributed by atoms with Gasteiger partial charge in [0.2, 0.25) is 0 Å². The third-order valence-electron chi connectivity index (χ3n) is 4.91. The molecule has 0 saturated heterocycles. The van der Waals surface area contributed by atoms with Crippen LogP contribution in [-0.2, 0) is 27.2 Å². The van der Waals surface area contributed by atoms with Crippen LogP contribution in [0.2, 0.25) is 0 Å². The Morgan fingerprint density at radius 3 is 2.56 bits per heavy atom. The van der Waals surface area contributed by atoms with E-state index in [1.807, 2.05) is 6.07 Å². The molecule has 0 saturated carbocycles. The molecule has 0 aliphatic carbocycles. The third kappa shape index (κ3) is 4.86. The Morgan fingerprint density at radius 2 is 1.93 bits per heavy atom. The fourth-order valence-corrected chi connectivity index (χ4v) is 3.77. The first-order valence-electron chi connectivity index (χ1n) is 9.43. The van der Waals surface area contributed by atoms with E-state index in [1.54, 1.807) is 6.08 Å². The Balaban J connectivity index is 1.67. The van der Waals surface area contributed by atoms with Crippen molar-refractivity contribution in [1.29, 1.82) is 5.26 Å². The van der Waals surface area contributed by atoms with Gasteiger partial charge in [-0.25, -0.2) is 5.90 Å². The topological polar surface area (TPSA) is 101 Å². The van der Waals surface area contributed by atoms with Crippen LogP contribution in [0.25, 0.3) is 6.08 Å². The van der Waals surface area contributed by atoms with E-state index < -0.39 is 0 Å². The zero-order valence-electron chi connectivity index (χ0n) is 15.5. The lowest BCUT2D eigenvalue weighted by molar-refractivity contribution is -0.117. The Morgan fingerprint density at radius 1 is 1.22 bits per heavy atom. The van der Waals surface area contributed by atoms with Crippen molar-refractivity contribution in [2.75, 3.05) is 44.4 Å². The van der Waals surface area contributed by atoms with Gasteiger partial charge in [0.05, 0.1) is 19.8 Å². The predicted octanol–water partition coefficient (Wildman–Crippen LogP) is 1.32. The van der Waals surface area contributed by atoms with E-state index in [9.17, 15) is 10.1 Å². The van der Waals surface area contributed by atoms with E-state index in [0.717, 1.165) is 44.3 Å². The van der Waals surface area contributed by atoms with Crippen LogP contribution in [0.3, 0.4) is 0 Å². The second-order valence-corrected chi connectivity index (χ2v) is 6.79. The summed E-state index contributed by atoms with van der Waals surface area (Å²) in [6, 6.07) is 6.26. The first kappa shape index (κ1) is 19.4. The van der Waals surface area contributed by atoms with Crippen LogP contribution in [0.1, 0.15) is 29.5 Å². The maximum absolute atomic E-state index is 12.3. The number of aryl methyl sites for hydroxylation is 2. The van der Waals surface area contributed by atoms with Gasteiger partial charge in [-0.2, -0.15) is 5.26 Å². The second-order valence-electron chi connectivity index (χ2n) is 6.79. The van der Waals surface area contributed by atoms with E-state index in [1.165, 1.54) is 16.8 Å². The SMILES string of the molecule is N#C/C(=C\c1cc2c3c(c1)CCCN3CCC2)C(=O)NCCOCCON. The number of hydrogen-bond acceptors (Lipinski definition) is 6. The van der Waals surface area contributed by atoms with Gasteiger partial charge in [-0.15, -0.1) is 0 Å². The maximum atomic E-state index is 12.3. The summed E-state index contributed by atoms with van der Waals surface area (Å²) >= 11 is 0. The van der Waals surface area contributed by atoms with Gasteiger partial charge < -0.3 is 19.8 Å². The summed E-state index contributed by atoms with van der Waals surface area (Å²) in [5.74, 6) is 4.52. The zero-order valence-corrected chi connectivity index (χ0v) is 15.5. The molecular formula is C20H26N4O3. The average molecular weight is 370 g/mol. The highest BCUT2D eigenvalue weighted by atomic mass is 16.6. The Hall–Kier alpha value is -2.40. The van der Waals surface area contributed by atoms with Crippen molar-refractivity contribution in [2.24, 2.45) is 5.90 Å². The summed E-state index contributed by atoms with van der Waals surface area (Å²) < 4.78 is 5.24. The molecule has 1 aromatic rings. The first-order chi connectivity index (χ1) is 13.2. The number of carbonyl (C=O) groups is 1. The van der Waals surface area contributed by atoms with Crippen LogP contribution in [0.4, 0.5) is 5.69 Å². The molecule has 2 aliphatic heterocycles. The summed E-state index contributed by atoms with van der Waals surface area (Å²) in [7, 11) is 0. The average Bonchev–Trinajstić information content (AvgIpc) is 2.69. The Kier molecular flexibility index (Phi) is 6.82. The smallest absolute Gasteiger partial charge is 0.262 e. The number of hydrogen-bond donors (Lipinski definition) is 2. The molecule has 1 amide bonds. The second kappa shape index (κ2) is 9.51. The molecule has 0 radical (unpaired) electrons. The molecule has 0 spiro atoms. The number of rotatable bonds is 8. The number of nitrogens with zero attached hydrogens (tertiary/aromatic N) is 2. The van der Waals surface area contributed by atoms with Crippen molar-refractivity contribution in [3.8, 4) is 6.07 Å². The summed E-state index contributed by atoms with van der Waals surface area (Å²) in [6.07, 6.45) is 6.10. The molecule has 0 fully saturated rings. The monoisotopic (exact) mass is 370 g/mol. The molecular weight excluding hydrogens is 344 g/mol. The van der Waals surface area contributed by atoms with Crippen LogP contribution in [0.15, 0.2) is 17.7 Å². The quantitative estimate of drug-likeness (QED) is 0.310. The highest BCUT2D eigenvalue weighted by molar-refractivity contribution is 6.01. The van der Waals surface area contributed by atoms with Crippen LogP contribution in [0.5, 0.6) is 0 Å². The van der Waals surface area contributed by atoms with Crippen LogP contribution < -0.4 is 16.1 Å². The highest BCUT2D eigenvalue weighted by Gasteiger charge is 2.24. The van der Waals surface area contributed by atoms with Gasteiger partial charge in [-0.1, -0.05) is 0 Å². The zero-order chi connectivity index (χ0) is 19.1. The summed E-state index contributed by atoms with van der Waals surface area (Å²) in [5.41, 5.74) is 5.08. The fraction of sp³-hybridized carbons (Fsp3) is 0.500. The highest BCUT2D eigenvalue weighted by Crippen LogP contribution is 2.36. The van der Waals surface area contributed by atoms with Gasteiger partial charge >= 0.3 is 0 Å². The summed E-state index contributed by atoms with van der Waals surface area (Å²) in [5, 5.41) is 12.1. The number of anilines is 1. The molecule has 27 heavy (non-hydrogen) atoms. The largest absolute Gasteiger partial charge is 0.377 e. The normalized spacial score (nSPS) is 15.9. The van der Waals surface area contributed by atoms with Crippen LogP contribution >= 0.6 is 0 Å². The van der Waals surface area contributed by atoms with Crippen molar-refractivity contribution in [3.05, 3.63) is 34.4 Å². The van der Waals surface area contributed by atoms with Gasteiger partial charge in [0.15, 0.2) is 0 Å². The predicted molar refractivity (Wildman–Crippen MR) is 103 cm³/mol. The number of ether oxygens (including phenoxy) is 1. The van der Waals surface area contributed by atoms with Crippen molar-refractivity contribution >= 4 is 17.7 Å². The fourth-order valence-electron chi connectivity index (χ4n) is 3.77. The first-order valence-corrected chi connectivity index (χ1v) is 9.43. The van der Waals surface area contributed by atoms with Gasteiger partial charge in [0.25, 0.3) is 5.91 Å². The molecule has 7 heteroatoms. The lowest BCUT2D eigenvalue weighted by atomic mass is 9.89. The van der Waals surface area contributed by atoms with Crippen molar-refractivity contribution in [2.45, 2.75) is 25.7 Å². The molecule has 2 heterocycles. The molecule has 2 aliphatic rings. The van der Waals surface area contributed by atoms with Crippen molar-refractivity contribution in [3.63, 3.8) is 0 Å². The minimum Gasteiger partial charge on any atom is -0.377 e. The van der Waals surface area contributed by atoms with Gasteiger partial charge in [-0.05, 0) is 60.6 Å². The van der Waals surface area contributed by atoms with Crippen molar-refractivity contribution < 1.29 is 14.4 Å². The Labute approximate surface area is 159 Å². The molecule has 3 rings (SSSR count). The van der Waals surface area contributed by atoms with Crippen molar-refractivity contribution in [1.82, 2.24) is 5.32 Å². The number of nitriles is 1. The van der Waals surface area contributed by atoms with E-state index in [0.29, 0.717) is 26.4 Å². The third-order valence-corrected chi connectivity index (χ3v) is 4.91. The number of nitrogens with two attached hydrogens (primary N) is 1. The Bertz CT molecular complexity index is 723. The van der Waals surface area contributed by atoms with E-state index in [4.69, 9.17) is 10.6 Å². The van der Waals surface area contributed by atoms with Gasteiger partial charge in [0, 0.05) is 25.3 Å². The molecule has 3 N–H and O–H groups in total. The lowest BCUT2D eigenvalue weighted by Gasteiger charge is -2.37. The minimum atomic E-state index is -0.385. The van der Waals surface area contributed by atoms with E-state index >= 15 is 0 Å². The number of amides is 1. The molecule has 7 nitrogen and oxygen atoms in total. The standard InChI is InChI=1S/C20H26N4O3/c21-14-18(20(25)23-5-8-26-9-10-27-22)13-15-11-16-3-1-6-24-7-2-4-17(12-15)19(16)24/h11-13H,1-10,22H2,(H,23,25)/b18-13+. The van der Waals surface area contributed by atoms with E-state index in [2.05, 4.69) is 27.2 Å². The maximum Gasteiger partial charge on any atom is 0.262 e. The van der Waals surface area contributed by atoms with Gasteiger partial charge in [0.1, 0.15) is 11.6 Å². The van der Waals surface area contributed by atoms with Gasteiger partial charge in [-0.3, -0.25) is 4.79 Å². The molecule has 0 atom stereocenters. The minimum absolute atomic E-state index is 0.107. The molecule has 0 aromatic heterocycles. The summed E-state index contributed by atoms with van der Waals surface area (Å²) in [6.45, 7) is 3.58. The van der Waals surface area contributed by atoms with Crippen LogP contribution in [0, 0.1) is 11.3 Å². The molecule has 144 valence electrons. The molecule has 1 aromatic carbocycles. The van der Waals surface area contributed by atoms with E-state index in [-0.39, 0.29) is 11.5 Å². The lowest BCUT2D eigenvalue weighted by Crippen LogP contribution is -2.34. The summed E-state index contributed by atoms with van der Waals surface area (Å²) in [4.78, 5) is 19.1. The number of carbonyl (C=O) groups excluding carboxylic acids is 1.